The van der Waals surface area contributed by atoms with E-state index in [0.29, 0.717) is 26.9 Å². The highest BCUT2D eigenvalue weighted by Gasteiger charge is 2.16. The summed E-state index contributed by atoms with van der Waals surface area (Å²) in [5.74, 6) is 1.47. The first-order valence-corrected chi connectivity index (χ1v) is 5.12. The number of rotatable bonds is 0. The Bertz CT molecular complexity index is 556. The van der Waals surface area contributed by atoms with Gasteiger partial charge in [0, 0.05) is 17.6 Å². The van der Waals surface area contributed by atoms with Crippen molar-refractivity contribution in [2.45, 2.75) is 0 Å². The minimum Gasteiger partial charge on any atom is -0.506 e. The van der Waals surface area contributed by atoms with Crippen molar-refractivity contribution in [3.63, 3.8) is 0 Å². The zero-order valence-electron chi connectivity index (χ0n) is 7.53. The smallest absolute Gasteiger partial charge is 0.231 e. The minimum absolute atomic E-state index is 0.165. The SMILES string of the molecule is Oc1c(Br)cnc2cc3c(cc12)OCO3. The number of hydrogen-bond acceptors (Lipinski definition) is 4. The van der Waals surface area contributed by atoms with Crippen molar-refractivity contribution in [2.24, 2.45) is 0 Å². The van der Waals surface area contributed by atoms with Crippen molar-refractivity contribution in [2.75, 3.05) is 6.79 Å². The highest BCUT2D eigenvalue weighted by Crippen LogP contribution is 2.40. The van der Waals surface area contributed by atoms with Crippen LogP contribution in [0.4, 0.5) is 0 Å². The van der Waals surface area contributed by atoms with Crippen LogP contribution in [-0.4, -0.2) is 16.9 Å². The molecule has 1 aromatic carbocycles. The van der Waals surface area contributed by atoms with Crippen LogP contribution in [-0.2, 0) is 0 Å². The number of benzene rings is 1. The number of hydrogen-bond donors (Lipinski definition) is 1. The topological polar surface area (TPSA) is 51.6 Å². The molecule has 0 fully saturated rings. The van der Waals surface area contributed by atoms with E-state index in [-0.39, 0.29) is 12.5 Å². The third kappa shape index (κ3) is 1.23. The number of pyridine rings is 1. The molecule has 1 aliphatic rings. The normalized spacial score (nSPS) is 13.4. The summed E-state index contributed by atoms with van der Waals surface area (Å²) < 4.78 is 11.0. The molecule has 2 heterocycles. The summed E-state index contributed by atoms with van der Waals surface area (Å²) >= 11 is 3.21. The van der Waals surface area contributed by atoms with Crippen LogP contribution in [0.25, 0.3) is 10.9 Å². The van der Waals surface area contributed by atoms with Crippen molar-refractivity contribution in [1.82, 2.24) is 4.98 Å². The maximum atomic E-state index is 9.81. The average Bonchev–Trinajstić information content (AvgIpc) is 2.68. The molecule has 0 unspecified atom stereocenters. The maximum absolute atomic E-state index is 9.81. The summed E-state index contributed by atoms with van der Waals surface area (Å²) in [5.41, 5.74) is 0.681. The van der Waals surface area contributed by atoms with E-state index in [2.05, 4.69) is 20.9 Å². The molecule has 0 amide bonds. The third-order valence-electron chi connectivity index (χ3n) is 2.29. The largest absolute Gasteiger partial charge is 0.506 e. The Labute approximate surface area is 93.6 Å². The molecule has 2 aromatic rings. The lowest BCUT2D eigenvalue weighted by molar-refractivity contribution is 0.174. The number of aromatic hydroxyl groups is 1. The van der Waals surface area contributed by atoms with E-state index in [1.54, 1.807) is 18.3 Å². The summed E-state index contributed by atoms with van der Waals surface area (Å²) in [5, 5.41) is 10.5. The van der Waals surface area contributed by atoms with Gasteiger partial charge in [-0.2, -0.15) is 0 Å². The molecular weight excluding hydrogens is 262 g/mol. The predicted molar refractivity (Wildman–Crippen MR) is 57.2 cm³/mol. The number of aromatic nitrogens is 1. The molecule has 0 radical (unpaired) electrons. The van der Waals surface area contributed by atoms with E-state index < -0.39 is 0 Å². The van der Waals surface area contributed by atoms with Crippen molar-refractivity contribution in [3.05, 3.63) is 22.8 Å². The fraction of sp³-hybridized carbons (Fsp3) is 0.100. The molecule has 0 aliphatic carbocycles. The summed E-state index contributed by atoms with van der Waals surface area (Å²) in [6.45, 7) is 0.216. The fourth-order valence-electron chi connectivity index (χ4n) is 1.54. The maximum Gasteiger partial charge on any atom is 0.231 e. The van der Waals surface area contributed by atoms with Crippen LogP contribution in [0.1, 0.15) is 0 Å². The summed E-state index contributed by atoms with van der Waals surface area (Å²) in [7, 11) is 0. The highest BCUT2D eigenvalue weighted by atomic mass is 79.9. The first-order chi connectivity index (χ1) is 7.25. The van der Waals surface area contributed by atoms with Gasteiger partial charge in [0.25, 0.3) is 0 Å². The van der Waals surface area contributed by atoms with Crippen molar-refractivity contribution in [3.8, 4) is 17.2 Å². The van der Waals surface area contributed by atoms with E-state index in [0.717, 1.165) is 0 Å². The molecule has 1 aliphatic heterocycles. The van der Waals surface area contributed by atoms with Crippen LogP contribution in [0.3, 0.4) is 0 Å². The standard InChI is InChI=1S/C10H6BrNO3/c11-6-3-12-7-2-9-8(14-4-15-9)1-5(7)10(6)13/h1-3H,4H2,(H,12,13). The lowest BCUT2D eigenvalue weighted by Gasteiger charge is -2.03. The molecule has 4 nitrogen and oxygen atoms in total. The van der Waals surface area contributed by atoms with Gasteiger partial charge in [0.2, 0.25) is 6.79 Å². The zero-order chi connectivity index (χ0) is 10.4. The van der Waals surface area contributed by atoms with Gasteiger partial charge in [-0.25, -0.2) is 0 Å². The van der Waals surface area contributed by atoms with Crippen molar-refractivity contribution >= 4 is 26.8 Å². The van der Waals surface area contributed by atoms with Crippen LogP contribution in [0.2, 0.25) is 0 Å². The summed E-state index contributed by atoms with van der Waals surface area (Å²) in [6, 6.07) is 3.48. The Hall–Kier alpha value is -1.49. The van der Waals surface area contributed by atoms with Gasteiger partial charge in [0.05, 0.1) is 9.99 Å². The molecule has 15 heavy (non-hydrogen) atoms. The van der Waals surface area contributed by atoms with Crippen LogP contribution < -0.4 is 9.47 Å². The number of ether oxygens (including phenoxy) is 2. The third-order valence-corrected chi connectivity index (χ3v) is 2.87. The van der Waals surface area contributed by atoms with Crippen molar-refractivity contribution < 1.29 is 14.6 Å². The fourth-order valence-corrected chi connectivity index (χ4v) is 1.86. The molecule has 0 saturated heterocycles. The van der Waals surface area contributed by atoms with Gasteiger partial charge in [-0.1, -0.05) is 0 Å². The molecular formula is C10H6BrNO3. The van der Waals surface area contributed by atoms with E-state index in [9.17, 15) is 5.11 Å². The monoisotopic (exact) mass is 267 g/mol. The number of halogens is 1. The molecule has 0 spiro atoms. The van der Waals surface area contributed by atoms with Gasteiger partial charge in [0.15, 0.2) is 11.5 Å². The lowest BCUT2D eigenvalue weighted by Crippen LogP contribution is -1.92. The predicted octanol–water partition coefficient (Wildman–Crippen LogP) is 2.43. The lowest BCUT2D eigenvalue weighted by atomic mass is 10.2. The second-order valence-electron chi connectivity index (χ2n) is 3.18. The molecule has 3 rings (SSSR count). The zero-order valence-corrected chi connectivity index (χ0v) is 9.11. The van der Waals surface area contributed by atoms with Crippen LogP contribution in [0, 0.1) is 0 Å². The molecule has 5 heteroatoms. The molecule has 76 valence electrons. The first-order valence-electron chi connectivity index (χ1n) is 4.32. The Morgan fingerprint density at radius 1 is 1.27 bits per heavy atom. The Kier molecular flexibility index (Phi) is 1.76. The molecule has 1 N–H and O–H groups in total. The number of nitrogens with zero attached hydrogens (tertiary/aromatic N) is 1. The Balaban J connectivity index is 2.38. The van der Waals surface area contributed by atoms with Gasteiger partial charge >= 0.3 is 0 Å². The second kappa shape index (κ2) is 3.00. The molecule has 0 atom stereocenters. The molecule has 0 bridgehead atoms. The van der Waals surface area contributed by atoms with E-state index in [4.69, 9.17) is 9.47 Å². The molecule has 0 saturated carbocycles. The van der Waals surface area contributed by atoms with Gasteiger partial charge in [-0.05, 0) is 22.0 Å². The highest BCUT2D eigenvalue weighted by molar-refractivity contribution is 9.10. The number of fused-ring (bicyclic) bond motifs is 2. The van der Waals surface area contributed by atoms with E-state index in [1.165, 1.54) is 0 Å². The molecule has 1 aromatic heterocycles. The summed E-state index contributed by atoms with van der Waals surface area (Å²) in [4.78, 5) is 4.18. The van der Waals surface area contributed by atoms with E-state index in [1.807, 2.05) is 0 Å². The van der Waals surface area contributed by atoms with Gasteiger partial charge < -0.3 is 14.6 Å². The van der Waals surface area contributed by atoms with Crippen LogP contribution >= 0.6 is 15.9 Å². The quantitative estimate of drug-likeness (QED) is 0.797. The van der Waals surface area contributed by atoms with E-state index >= 15 is 0 Å². The van der Waals surface area contributed by atoms with Gasteiger partial charge in [0.1, 0.15) is 5.75 Å². The van der Waals surface area contributed by atoms with Gasteiger partial charge in [-0.15, -0.1) is 0 Å². The van der Waals surface area contributed by atoms with Crippen molar-refractivity contribution in [1.29, 1.82) is 0 Å². The van der Waals surface area contributed by atoms with Crippen LogP contribution in [0.5, 0.6) is 17.2 Å². The Morgan fingerprint density at radius 2 is 2.00 bits per heavy atom. The first kappa shape index (κ1) is 8.79. The minimum atomic E-state index is 0.165. The van der Waals surface area contributed by atoms with Crippen LogP contribution in [0.15, 0.2) is 22.8 Å². The summed E-state index contributed by atoms with van der Waals surface area (Å²) in [6.07, 6.45) is 1.56. The average molecular weight is 268 g/mol. The van der Waals surface area contributed by atoms with Gasteiger partial charge in [-0.3, -0.25) is 4.98 Å². The Morgan fingerprint density at radius 3 is 2.80 bits per heavy atom. The second-order valence-corrected chi connectivity index (χ2v) is 4.03.